The second kappa shape index (κ2) is 6.01. The summed E-state index contributed by atoms with van der Waals surface area (Å²) in [4.78, 5) is 17.4. The van der Waals surface area contributed by atoms with E-state index in [9.17, 15) is 4.79 Å². The number of amides is 1. The molecule has 1 aromatic heterocycles. The lowest BCUT2D eigenvalue weighted by molar-refractivity contribution is 0.0778. The molecule has 0 aliphatic carbocycles. The van der Waals surface area contributed by atoms with Crippen molar-refractivity contribution in [2.24, 2.45) is 0 Å². The van der Waals surface area contributed by atoms with Gasteiger partial charge in [0.15, 0.2) is 0 Å². The fourth-order valence-corrected chi connectivity index (χ4v) is 4.04. The smallest absolute Gasteiger partial charge is 0.257 e. The van der Waals surface area contributed by atoms with Crippen LogP contribution in [0.1, 0.15) is 47.7 Å². The zero-order chi connectivity index (χ0) is 14.9. The number of hydrogen-bond donors (Lipinski definition) is 1. The third-order valence-corrected chi connectivity index (χ3v) is 5.34. The van der Waals surface area contributed by atoms with Gasteiger partial charge in [-0.2, -0.15) is 5.10 Å². The summed E-state index contributed by atoms with van der Waals surface area (Å²) in [6.07, 6.45) is 6.37. The van der Waals surface area contributed by atoms with E-state index in [1.807, 2.05) is 4.90 Å². The molecule has 1 N–H and O–H groups in total. The van der Waals surface area contributed by atoms with Crippen LogP contribution in [-0.2, 0) is 4.74 Å². The number of aromatic nitrogens is 2. The zero-order valence-corrected chi connectivity index (χ0v) is 13.0. The second-order valence-corrected chi connectivity index (χ2v) is 6.69. The molecule has 6 nitrogen and oxygen atoms in total. The van der Waals surface area contributed by atoms with E-state index in [2.05, 4.69) is 15.1 Å². The number of nitrogens with zero attached hydrogens (tertiary/aromatic N) is 3. The van der Waals surface area contributed by atoms with Crippen molar-refractivity contribution in [1.82, 2.24) is 20.0 Å². The molecule has 4 heterocycles. The van der Waals surface area contributed by atoms with Crippen LogP contribution in [0, 0.1) is 0 Å². The third kappa shape index (κ3) is 2.54. The van der Waals surface area contributed by atoms with Crippen molar-refractivity contribution in [2.75, 3.05) is 39.4 Å². The monoisotopic (exact) mass is 304 g/mol. The first-order valence-electron chi connectivity index (χ1n) is 8.47. The summed E-state index contributed by atoms with van der Waals surface area (Å²) < 4.78 is 5.45. The van der Waals surface area contributed by atoms with Crippen LogP contribution in [0.2, 0.25) is 0 Å². The number of carbonyl (C=O) groups excluding carboxylic acids is 1. The SMILES string of the molecule is O=C(c1cn[nH]c1[C@H]1CCOC1)N1CC[C@H](N2CCCC2)C1. The number of rotatable bonds is 3. The standard InChI is InChI=1S/C16H24N4O2/c21-16(14-9-17-18-15(14)12-4-8-22-11-12)20-7-3-13(10-20)19-5-1-2-6-19/h9,12-13H,1-8,10-11H2,(H,17,18)/t12-,13-/m0/s1. The first-order valence-corrected chi connectivity index (χ1v) is 8.47. The van der Waals surface area contributed by atoms with Gasteiger partial charge in [0, 0.05) is 31.7 Å². The number of ether oxygens (including phenoxy) is 1. The molecule has 3 fully saturated rings. The van der Waals surface area contributed by atoms with E-state index in [0.717, 1.165) is 43.8 Å². The van der Waals surface area contributed by atoms with Crippen molar-refractivity contribution in [3.63, 3.8) is 0 Å². The maximum Gasteiger partial charge on any atom is 0.257 e. The predicted molar refractivity (Wildman–Crippen MR) is 81.9 cm³/mol. The highest BCUT2D eigenvalue weighted by Crippen LogP contribution is 2.28. The van der Waals surface area contributed by atoms with Crippen molar-refractivity contribution < 1.29 is 9.53 Å². The zero-order valence-electron chi connectivity index (χ0n) is 13.0. The van der Waals surface area contributed by atoms with Gasteiger partial charge in [-0.25, -0.2) is 0 Å². The molecule has 0 unspecified atom stereocenters. The molecule has 3 saturated heterocycles. The van der Waals surface area contributed by atoms with Gasteiger partial charge in [0.25, 0.3) is 5.91 Å². The quantitative estimate of drug-likeness (QED) is 0.912. The van der Waals surface area contributed by atoms with E-state index >= 15 is 0 Å². The molecule has 4 rings (SSSR count). The number of aromatic amines is 1. The minimum Gasteiger partial charge on any atom is -0.381 e. The van der Waals surface area contributed by atoms with Gasteiger partial charge in [-0.15, -0.1) is 0 Å². The fourth-order valence-electron chi connectivity index (χ4n) is 4.04. The van der Waals surface area contributed by atoms with Crippen molar-refractivity contribution in [2.45, 2.75) is 37.6 Å². The topological polar surface area (TPSA) is 61.5 Å². The van der Waals surface area contributed by atoms with Gasteiger partial charge in [-0.05, 0) is 38.8 Å². The van der Waals surface area contributed by atoms with Gasteiger partial charge in [-0.3, -0.25) is 14.8 Å². The van der Waals surface area contributed by atoms with Crippen molar-refractivity contribution in [3.05, 3.63) is 17.5 Å². The molecule has 0 radical (unpaired) electrons. The first-order chi connectivity index (χ1) is 10.8. The fraction of sp³-hybridized carbons (Fsp3) is 0.750. The Morgan fingerprint density at radius 1 is 1.27 bits per heavy atom. The number of carbonyl (C=O) groups is 1. The Labute approximate surface area is 130 Å². The molecule has 0 saturated carbocycles. The summed E-state index contributed by atoms with van der Waals surface area (Å²) in [5, 5.41) is 7.15. The molecule has 1 aromatic rings. The van der Waals surface area contributed by atoms with E-state index < -0.39 is 0 Å². The van der Waals surface area contributed by atoms with E-state index in [0.29, 0.717) is 18.6 Å². The lowest BCUT2D eigenvalue weighted by Gasteiger charge is -2.23. The molecule has 120 valence electrons. The van der Waals surface area contributed by atoms with Gasteiger partial charge in [-0.1, -0.05) is 0 Å². The molecule has 3 aliphatic rings. The molecule has 0 aromatic carbocycles. The van der Waals surface area contributed by atoms with E-state index in [1.165, 1.54) is 25.9 Å². The lowest BCUT2D eigenvalue weighted by Crippen LogP contribution is -2.37. The normalized spacial score (nSPS) is 29.5. The number of nitrogens with one attached hydrogen (secondary N) is 1. The van der Waals surface area contributed by atoms with E-state index in [-0.39, 0.29) is 5.91 Å². The Kier molecular flexibility index (Phi) is 3.88. The summed E-state index contributed by atoms with van der Waals surface area (Å²) in [6, 6.07) is 0.552. The summed E-state index contributed by atoms with van der Waals surface area (Å²) >= 11 is 0. The lowest BCUT2D eigenvalue weighted by atomic mass is 10.0. The molecule has 6 heteroatoms. The van der Waals surface area contributed by atoms with Crippen LogP contribution in [0.3, 0.4) is 0 Å². The van der Waals surface area contributed by atoms with Crippen LogP contribution in [0.25, 0.3) is 0 Å². The van der Waals surface area contributed by atoms with Gasteiger partial charge in [0.2, 0.25) is 0 Å². The second-order valence-electron chi connectivity index (χ2n) is 6.69. The van der Waals surface area contributed by atoms with E-state index in [1.54, 1.807) is 6.20 Å². The molecule has 2 atom stereocenters. The molecular weight excluding hydrogens is 280 g/mol. The molecule has 0 spiro atoms. The molecular formula is C16H24N4O2. The van der Waals surface area contributed by atoms with Crippen molar-refractivity contribution in [3.8, 4) is 0 Å². The Morgan fingerprint density at radius 2 is 2.14 bits per heavy atom. The maximum atomic E-state index is 12.9. The number of likely N-dealkylation sites (tertiary alicyclic amines) is 2. The Hall–Kier alpha value is -1.40. The van der Waals surface area contributed by atoms with Crippen molar-refractivity contribution in [1.29, 1.82) is 0 Å². The molecule has 1 amide bonds. The largest absolute Gasteiger partial charge is 0.381 e. The predicted octanol–water partition coefficient (Wildman–Crippen LogP) is 1.22. The average molecular weight is 304 g/mol. The van der Waals surface area contributed by atoms with Crippen LogP contribution < -0.4 is 0 Å². The van der Waals surface area contributed by atoms with Crippen LogP contribution in [0.4, 0.5) is 0 Å². The molecule has 3 aliphatic heterocycles. The van der Waals surface area contributed by atoms with Crippen LogP contribution in [0.15, 0.2) is 6.20 Å². The Morgan fingerprint density at radius 3 is 2.91 bits per heavy atom. The third-order valence-electron chi connectivity index (χ3n) is 5.34. The highest BCUT2D eigenvalue weighted by molar-refractivity contribution is 5.95. The minimum atomic E-state index is 0.136. The minimum absolute atomic E-state index is 0.136. The summed E-state index contributed by atoms with van der Waals surface area (Å²) in [5.41, 5.74) is 1.71. The van der Waals surface area contributed by atoms with Crippen LogP contribution in [-0.4, -0.2) is 71.3 Å². The summed E-state index contributed by atoms with van der Waals surface area (Å²) in [7, 11) is 0. The highest BCUT2D eigenvalue weighted by atomic mass is 16.5. The number of H-pyrrole nitrogens is 1. The van der Waals surface area contributed by atoms with Crippen LogP contribution >= 0.6 is 0 Å². The Bertz CT molecular complexity index is 532. The van der Waals surface area contributed by atoms with Crippen molar-refractivity contribution >= 4 is 5.91 Å². The highest BCUT2D eigenvalue weighted by Gasteiger charge is 2.34. The van der Waals surface area contributed by atoms with E-state index in [4.69, 9.17) is 4.74 Å². The van der Waals surface area contributed by atoms with Gasteiger partial charge in [0.05, 0.1) is 24.1 Å². The van der Waals surface area contributed by atoms with Gasteiger partial charge in [0.1, 0.15) is 0 Å². The molecule has 22 heavy (non-hydrogen) atoms. The maximum absolute atomic E-state index is 12.9. The number of hydrogen-bond acceptors (Lipinski definition) is 4. The summed E-state index contributed by atoms with van der Waals surface area (Å²) in [6.45, 7) is 5.60. The average Bonchev–Trinajstić information content (AvgIpc) is 3.35. The van der Waals surface area contributed by atoms with Crippen LogP contribution in [0.5, 0.6) is 0 Å². The van der Waals surface area contributed by atoms with Gasteiger partial charge < -0.3 is 9.64 Å². The molecule has 0 bridgehead atoms. The Balaban J connectivity index is 1.45. The first kappa shape index (κ1) is 14.2. The summed E-state index contributed by atoms with van der Waals surface area (Å²) in [5.74, 6) is 0.427. The van der Waals surface area contributed by atoms with Gasteiger partial charge >= 0.3 is 0 Å².